The first-order chi connectivity index (χ1) is 17.1. The number of nitrogens with one attached hydrogen (secondary N) is 1. The van der Waals surface area contributed by atoms with Crippen LogP contribution in [0.3, 0.4) is 0 Å². The van der Waals surface area contributed by atoms with Crippen molar-refractivity contribution < 1.29 is 22.3 Å². The molecule has 9 heteroatoms. The smallest absolute Gasteiger partial charge is 0.258 e. The van der Waals surface area contributed by atoms with E-state index >= 15 is 0 Å². The molecule has 1 fully saturated rings. The van der Waals surface area contributed by atoms with E-state index in [2.05, 4.69) is 10.2 Å². The zero-order chi connectivity index (χ0) is 26.0. The number of amides is 1. The van der Waals surface area contributed by atoms with Crippen LogP contribution in [0.15, 0.2) is 65.6 Å². The third-order valence-corrected chi connectivity index (χ3v) is 8.24. The van der Waals surface area contributed by atoms with Gasteiger partial charge in [0.25, 0.3) is 5.91 Å². The Morgan fingerprint density at radius 2 is 1.69 bits per heavy atom. The lowest BCUT2D eigenvalue weighted by molar-refractivity contribution is 0.102. The van der Waals surface area contributed by atoms with Gasteiger partial charge >= 0.3 is 0 Å². The van der Waals surface area contributed by atoms with E-state index in [1.54, 1.807) is 12.1 Å². The lowest BCUT2D eigenvalue weighted by atomic mass is 10.1. The second-order valence-electron chi connectivity index (χ2n) is 9.04. The van der Waals surface area contributed by atoms with Gasteiger partial charge in [0.05, 0.1) is 23.3 Å². The van der Waals surface area contributed by atoms with Gasteiger partial charge in [-0.25, -0.2) is 12.8 Å². The summed E-state index contributed by atoms with van der Waals surface area (Å²) in [4.78, 5) is 15.0. The topological polar surface area (TPSA) is 78.9 Å². The molecule has 0 radical (unpaired) electrons. The van der Waals surface area contributed by atoms with Crippen molar-refractivity contribution >= 4 is 27.3 Å². The Balaban J connectivity index is 1.55. The van der Waals surface area contributed by atoms with Crippen molar-refractivity contribution in [1.29, 1.82) is 0 Å². The number of aryl methyl sites for hydroxylation is 2. The van der Waals surface area contributed by atoms with Gasteiger partial charge < -0.3 is 15.0 Å². The Labute approximate surface area is 211 Å². The van der Waals surface area contributed by atoms with E-state index in [0.29, 0.717) is 18.0 Å². The molecule has 1 N–H and O–H groups in total. The Kier molecular flexibility index (Phi) is 7.33. The first kappa shape index (κ1) is 25.7. The quantitative estimate of drug-likeness (QED) is 0.523. The zero-order valence-corrected chi connectivity index (χ0v) is 21.6. The largest absolute Gasteiger partial charge is 0.495 e. The zero-order valence-electron chi connectivity index (χ0n) is 20.8. The van der Waals surface area contributed by atoms with Gasteiger partial charge in [-0.1, -0.05) is 23.8 Å². The number of carbonyl (C=O) groups excluding carboxylic acids is 1. The predicted octanol–water partition coefficient (Wildman–Crippen LogP) is 4.60. The molecule has 1 heterocycles. The van der Waals surface area contributed by atoms with Crippen LogP contribution in [0.5, 0.6) is 5.75 Å². The molecule has 1 saturated heterocycles. The van der Waals surface area contributed by atoms with Crippen LogP contribution in [0, 0.1) is 19.7 Å². The fourth-order valence-corrected chi connectivity index (χ4v) is 5.90. The average Bonchev–Trinajstić information content (AvgIpc) is 2.85. The first-order valence-electron chi connectivity index (χ1n) is 11.7. The van der Waals surface area contributed by atoms with E-state index in [0.717, 1.165) is 28.9 Å². The maximum absolute atomic E-state index is 14.6. The van der Waals surface area contributed by atoms with Crippen molar-refractivity contribution in [1.82, 2.24) is 4.31 Å². The molecule has 0 aromatic heterocycles. The predicted molar refractivity (Wildman–Crippen MR) is 139 cm³/mol. The minimum Gasteiger partial charge on any atom is -0.495 e. The first-order valence-corrected chi connectivity index (χ1v) is 13.1. The van der Waals surface area contributed by atoms with Crippen LogP contribution < -0.4 is 15.0 Å². The van der Waals surface area contributed by atoms with Gasteiger partial charge in [0.1, 0.15) is 11.6 Å². The molecule has 190 valence electrons. The molecule has 0 aliphatic carbocycles. The van der Waals surface area contributed by atoms with Crippen LogP contribution in [0.1, 0.15) is 28.4 Å². The number of carbonyl (C=O) groups is 1. The average molecular weight is 512 g/mol. The molecule has 1 aliphatic heterocycles. The molecular formula is C27H30FN3O4S. The molecule has 3 aromatic rings. The number of piperazine rings is 1. The van der Waals surface area contributed by atoms with Crippen molar-refractivity contribution in [3.63, 3.8) is 0 Å². The number of rotatable bonds is 6. The van der Waals surface area contributed by atoms with Gasteiger partial charge in [-0.2, -0.15) is 4.31 Å². The van der Waals surface area contributed by atoms with Gasteiger partial charge in [0.15, 0.2) is 0 Å². The summed E-state index contributed by atoms with van der Waals surface area (Å²) in [6.45, 7) is 6.91. The monoisotopic (exact) mass is 511 g/mol. The Morgan fingerprint density at radius 3 is 2.36 bits per heavy atom. The summed E-state index contributed by atoms with van der Waals surface area (Å²) in [5, 5.41) is 2.63. The standard InChI is InChI=1S/C27H30FN3O4S/c1-18-5-8-21(9-6-18)31-14-13-30(17-20(31)3)36(33,34)22-10-11-24(28)23(16-22)27(32)29-25-15-19(2)7-12-26(25)35-4/h5-12,15-16,20H,13-14,17H2,1-4H3,(H,29,32)/t20-/m0/s1. The number of benzene rings is 3. The molecule has 0 spiro atoms. The summed E-state index contributed by atoms with van der Waals surface area (Å²) in [7, 11) is -2.47. The van der Waals surface area contributed by atoms with Crippen LogP contribution in [0.4, 0.5) is 15.8 Å². The van der Waals surface area contributed by atoms with E-state index in [1.165, 1.54) is 17.5 Å². The SMILES string of the molecule is COc1ccc(C)cc1NC(=O)c1cc(S(=O)(=O)N2CCN(c3ccc(C)cc3)[C@@H](C)C2)ccc1F. The summed E-state index contributed by atoms with van der Waals surface area (Å²) in [5.41, 5.74) is 3.09. The Bertz CT molecular complexity index is 1380. The highest BCUT2D eigenvalue weighted by Gasteiger charge is 2.33. The van der Waals surface area contributed by atoms with Gasteiger partial charge in [-0.05, 0) is 68.8 Å². The van der Waals surface area contributed by atoms with Gasteiger partial charge in [0, 0.05) is 31.4 Å². The van der Waals surface area contributed by atoms with E-state index in [4.69, 9.17) is 4.74 Å². The summed E-state index contributed by atoms with van der Waals surface area (Å²) < 4.78 is 48.2. The third-order valence-electron chi connectivity index (χ3n) is 6.38. The van der Waals surface area contributed by atoms with Crippen molar-refractivity contribution in [3.8, 4) is 5.75 Å². The van der Waals surface area contributed by atoms with Crippen LogP contribution in [0.25, 0.3) is 0 Å². The number of anilines is 2. The van der Waals surface area contributed by atoms with Crippen LogP contribution in [0.2, 0.25) is 0 Å². The van der Waals surface area contributed by atoms with E-state index in [1.807, 2.05) is 51.1 Å². The molecule has 0 saturated carbocycles. The molecule has 3 aromatic carbocycles. The number of ether oxygens (including phenoxy) is 1. The highest BCUT2D eigenvalue weighted by atomic mass is 32.2. The number of hydrogen-bond donors (Lipinski definition) is 1. The number of hydrogen-bond acceptors (Lipinski definition) is 5. The van der Waals surface area contributed by atoms with E-state index in [9.17, 15) is 17.6 Å². The lowest BCUT2D eigenvalue weighted by Crippen LogP contribution is -2.53. The highest BCUT2D eigenvalue weighted by Crippen LogP contribution is 2.28. The normalized spacial score (nSPS) is 16.6. The highest BCUT2D eigenvalue weighted by molar-refractivity contribution is 7.89. The van der Waals surface area contributed by atoms with Gasteiger partial charge in [-0.3, -0.25) is 4.79 Å². The van der Waals surface area contributed by atoms with Crippen LogP contribution in [-0.2, 0) is 10.0 Å². The maximum Gasteiger partial charge on any atom is 0.258 e. The minimum absolute atomic E-state index is 0.0618. The molecule has 7 nitrogen and oxygen atoms in total. The fourth-order valence-electron chi connectivity index (χ4n) is 4.36. The van der Waals surface area contributed by atoms with Crippen molar-refractivity contribution in [3.05, 3.63) is 83.2 Å². The molecule has 1 atom stereocenters. The van der Waals surface area contributed by atoms with E-state index < -0.39 is 21.7 Å². The molecule has 36 heavy (non-hydrogen) atoms. The third kappa shape index (κ3) is 5.22. The maximum atomic E-state index is 14.6. The molecule has 0 bridgehead atoms. The molecular weight excluding hydrogens is 481 g/mol. The second-order valence-corrected chi connectivity index (χ2v) is 11.0. The number of halogens is 1. The summed E-state index contributed by atoms with van der Waals surface area (Å²) in [6.07, 6.45) is 0. The number of sulfonamides is 1. The minimum atomic E-state index is -3.94. The van der Waals surface area contributed by atoms with Crippen molar-refractivity contribution in [2.75, 3.05) is 37.0 Å². The molecule has 1 amide bonds. The number of nitrogens with zero attached hydrogens (tertiary/aromatic N) is 2. The lowest BCUT2D eigenvalue weighted by Gasteiger charge is -2.40. The van der Waals surface area contributed by atoms with Gasteiger partial charge in [-0.15, -0.1) is 0 Å². The van der Waals surface area contributed by atoms with Crippen molar-refractivity contribution in [2.24, 2.45) is 0 Å². The summed E-state index contributed by atoms with van der Waals surface area (Å²) in [5.74, 6) is -1.15. The molecule has 0 unspecified atom stereocenters. The molecule has 4 rings (SSSR count). The summed E-state index contributed by atoms with van der Waals surface area (Å²) >= 11 is 0. The number of methoxy groups -OCH3 is 1. The Hall–Kier alpha value is -3.43. The fraction of sp³-hybridized carbons (Fsp3) is 0.296. The molecule has 1 aliphatic rings. The second kappa shape index (κ2) is 10.3. The van der Waals surface area contributed by atoms with Crippen LogP contribution in [-0.4, -0.2) is 51.4 Å². The summed E-state index contributed by atoms with van der Waals surface area (Å²) in [6, 6.07) is 16.6. The van der Waals surface area contributed by atoms with Crippen LogP contribution >= 0.6 is 0 Å². The van der Waals surface area contributed by atoms with E-state index in [-0.39, 0.29) is 29.6 Å². The Morgan fingerprint density at radius 1 is 1.00 bits per heavy atom. The van der Waals surface area contributed by atoms with Crippen molar-refractivity contribution in [2.45, 2.75) is 31.7 Å². The van der Waals surface area contributed by atoms with Gasteiger partial charge in [0.2, 0.25) is 10.0 Å².